The predicted octanol–water partition coefficient (Wildman–Crippen LogP) is 4.54. The molecule has 0 aliphatic rings. The van der Waals surface area contributed by atoms with E-state index in [-0.39, 0.29) is 34.5 Å². The molecule has 0 aliphatic carbocycles. The molecular weight excluding hydrogens is 534 g/mol. The van der Waals surface area contributed by atoms with Crippen molar-refractivity contribution < 1.29 is 41.5 Å². The first kappa shape index (κ1) is 29.2. The molecule has 0 spiro atoms. The molecule has 14 heteroatoms. The van der Waals surface area contributed by atoms with E-state index in [0.717, 1.165) is 30.2 Å². The fraction of sp³-hybridized carbons (Fsp3) is 0.391. The largest absolute Gasteiger partial charge is 0.491 e. The molecule has 0 saturated carbocycles. The van der Waals surface area contributed by atoms with Crippen molar-refractivity contribution in [3.8, 4) is 16.3 Å². The quantitative estimate of drug-likeness (QED) is 0.203. The zero-order valence-electron chi connectivity index (χ0n) is 19.8. The molecule has 1 atom stereocenters. The minimum Gasteiger partial charge on any atom is -0.491 e. The summed E-state index contributed by atoms with van der Waals surface area (Å²) < 4.78 is 67.4. The molecule has 0 unspecified atom stereocenters. The van der Waals surface area contributed by atoms with Gasteiger partial charge in [0.1, 0.15) is 22.4 Å². The summed E-state index contributed by atoms with van der Waals surface area (Å²) in [5.41, 5.74) is 4.93. The van der Waals surface area contributed by atoms with E-state index in [9.17, 15) is 17.7 Å². The van der Waals surface area contributed by atoms with Gasteiger partial charge in [0.25, 0.3) is 0 Å². The molecule has 0 amide bonds. The average Bonchev–Trinajstić information content (AvgIpc) is 3.33. The van der Waals surface area contributed by atoms with Gasteiger partial charge in [-0.25, -0.2) is 4.57 Å². The second-order valence-corrected chi connectivity index (χ2v) is 10.6. The molecule has 0 bridgehead atoms. The number of hydrogen-bond acceptors (Lipinski definition) is 8. The van der Waals surface area contributed by atoms with Crippen molar-refractivity contribution in [3.63, 3.8) is 0 Å². The highest BCUT2D eigenvalue weighted by molar-refractivity contribution is 7.46. The maximum absolute atomic E-state index is 13.7. The molecular formula is C23H27F3N3O6PS. The van der Waals surface area contributed by atoms with Crippen LogP contribution in [-0.4, -0.2) is 46.4 Å². The zero-order chi connectivity index (χ0) is 27.1. The zero-order valence-corrected chi connectivity index (χ0v) is 21.6. The summed E-state index contributed by atoms with van der Waals surface area (Å²) in [6.07, 6.45) is -3.06. The van der Waals surface area contributed by atoms with Crippen molar-refractivity contribution in [2.24, 2.45) is 5.73 Å². The van der Waals surface area contributed by atoms with Crippen LogP contribution in [0.3, 0.4) is 0 Å². The van der Waals surface area contributed by atoms with Gasteiger partial charge in [-0.05, 0) is 43.5 Å². The van der Waals surface area contributed by atoms with Crippen LogP contribution in [-0.2, 0) is 32.0 Å². The van der Waals surface area contributed by atoms with Crippen molar-refractivity contribution in [2.45, 2.75) is 31.5 Å². The fourth-order valence-corrected chi connectivity index (χ4v) is 4.52. The number of phosphoric acid groups is 1. The van der Waals surface area contributed by atoms with Crippen LogP contribution in [0.4, 0.5) is 13.2 Å². The van der Waals surface area contributed by atoms with E-state index in [2.05, 4.69) is 14.7 Å². The van der Waals surface area contributed by atoms with Gasteiger partial charge in [-0.1, -0.05) is 41.7 Å². The van der Waals surface area contributed by atoms with E-state index in [0.29, 0.717) is 6.61 Å². The second-order valence-electron chi connectivity index (χ2n) is 8.35. The molecule has 0 radical (unpaired) electrons. The highest BCUT2D eigenvalue weighted by Crippen LogP contribution is 2.41. The Labute approximate surface area is 215 Å². The number of aryl methyl sites for hydroxylation is 1. The van der Waals surface area contributed by atoms with E-state index in [1.807, 2.05) is 30.3 Å². The smallest absolute Gasteiger partial charge is 0.469 e. The van der Waals surface area contributed by atoms with Crippen LogP contribution in [0.25, 0.3) is 10.6 Å². The lowest BCUT2D eigenvalue weighted by atomic mass is 10.1. The number of halogens is 3. The standard InChI is InChI=1S/C23H27F3N3O6PS/c1-22(27,15-35-36(30,31)32)21-29-28-20(37-21)17-9-10-19(18(14-17)23(24,25)26)34-13-12-33-11-5-8-16-6-3-2-4-7-16/h2-4,6-7,9-10,14H,5,8,11-13,15,27H2,1H3,(H2,30,31,32)/t22-/m0/s1. The first-order valence-electron chi connectivity index (χ1n) is 11.1. The summed E-state index contributed by atoms with van der Waals surface area (Å²) in [5, 5.41) is 8.03. The maximum Gasteiger partial charge on any atom is 0.469 e. The van der Waals surface area contributed by atoms with E-state index in [1.165, 1.54) is 24.6 Å². The third-order valence-electron chi connectivity index (χ3n) is 5.06. The molecule has 1 aromatic heterocycles. The maximum atomic E-state index is 13.7. The Kier molecular flexibility index (Phi) is 9.81. The van der Waals surface area contributed by atoms with Crippen LogP contribution in [0.15, 0.2) is 48.5 Å². The number of hydrogen-bond donors (Lipinski definition) is 3. The van der Waals surface area contributed by atoms with Gasteiger partial charge in [0, 0.05) is 12.2 Å². The molecule has 9 nitrogen and oxygen atoms in total. The lowest BCUT2D eigenvalue weighted by Gasteiger charge is -2.21. The fourth-order valence-electron chi connectivity index (χ4n) is 3.20. The molecule has 202 valence electrons. The summed E-state index contributed by atoms with van der Waals surface area (Å²) >= 11 is 0.888. The number of nitrogens with zero attached hydrogens (tertiary/aromatic N) is 2. The monoisotopic (exact) mass is 561 g/mol. The van der Waals surface area contributed by atoms with Crippen molar-refractivity contribution in [1.29, 1.82) is 0 Å². The Bertz CT molecular complexity index is 1200. The number of ether oxygens (including phenoxy) is 2. The van der Waals surface area contributed by atoms with Crippen LogP contribution < -0.4 is 10.5 Å². The van der Waals surface area contributed by atoms with Gasteiger partial charge >= 0.3 is 14.0 Å². The summed E-state index contributed by atoms with van der Waals surface area (Å²) in [5.74, 6) is -0.340. The van der Waals surface area contributed by atoms with Crippen molar-refractivity contribution >= 4 is 19.2 Å². The van der Waals surface area contributed by atoms with E-state index >= 15 is 0 Å². The van der Waals surface area contributed by atoms with Crippen LogP contribution in [0, 0.1) is 0 Å². The minimum atomic E-state index is -4.77. The van der Waals surface area contributed by atoms with Crippen molar-refractivity contribution in [1.82, 2.24) is 10.2 Å². The lowest BCUT2D eigenvalue weighted by Crippen LogP contribution is -2.37. The molecule has 3 rings (SSSR count). The number of aromatic nitrogens is 2. The topological polar surface area (TPSA) is 137 Å². The molecule has 37 heavy (non-hydrogen) atoms. The number of rotatable bonds is 13. The van der Waals surface area contributed by atoms with E-state index < -0.39 is 31.7 Å². The van der Waals surface area contributed by atoms with Gasteiger partial charge < -0.3 is 25.0 Å². The minimum absolute atomic E-state index is 0.0538. The number of alkyl halides is 3. The van der Waals surface area contributed by atoms with E-state index in [1.54, 1.807) is 0 Å². The Morgan fingerprint density at radius 3 is 2.46 bits per heavy atom. The predicted molar refractivity (Wildman–Crippen MR) is 131 cm³/mol. The summed E-state index contributed by atoms with van der Waals surface area (Å²) in [6, 6.07) is 13.4. The molecule has 0 saturated heterocycles. The van der Waals surface area contributed by atoms with Crippen LogP contribution >= 0.6 is 19.2 Å². The number of benzene rings is 2. The summed E-state index contributed by atoms with van der Waals surface area (Å²) in [6.45, 7) is 1.39. The third-order valence-corrected chi connectivity index (χ3v) is 6.78. The van der Waals surface area contributed by atoms with Crippen LogP contribution in [0.1, 0.15) is 29.5 Å². The first-order valence-corrected chi connectivity index (χ1v) is 13.5. The molecule has 3 aromatic rings. The average molecular weight is 562 g/mol. The number of nitrogens with two attached hydrogens (primary N) is 1. The Hall–Kier alpha value is -2.38. The van der Waals surface area contributed by atoms with Crippen LogP contribution in [0.2, 0.25) is 0 Å². The Morgan fingerprint density at radius 2 is 1.78 bits per heavy atom. The summed E-state index contributed by atoms with van der Waals surface area (Å²) in [7, 11) is -4.77. The second kappa shape index (κ2) is 12.4. The van der Waals surface area contributed by atoms with Gasteiger partial charge in [0.2, 0.25) is 0 Å². The Morgan fingerprint density at radius 1 is 1.05 bits per heavy atom. The highest BCUT2D eigenvalue weighted by atomic mass is 32.1. The van der Waals surface area contributed by atoms with Gasteiger partial charge in [-0.15, -0.1) is 10.2 Å². The van der Waals surface area contributed by atoms with Crippen molar-refractivity contribution in [3.05, 3.63) is 64.7 Å². The van der Waals surface area contributed by atoms with Crippen molar-refractivity contribution in [2.75, 3.05) is 26.4 Å². The molecule has 0 fully saturated rings. The number of phosphoric ester groups is 1. The van der Waals surface area contributed by atoms with Gasteiger partial charge in [-0.3, -0.25) is 4.52 Å². The van der Waals surface area contributed by atoms with Crippen LogP contribution in [0.5, 0.6) is 5.75 Å². The van der Waals surface area contributed by atoms with Gasteiger partial charge in [-0.2, -0.15) is 13.2 Å². The molecule has 1 heterocycles. The van der Waals surface area contributed by atoms with E-state index in [4.69, 9.17) is 25.0 Å². The molecule has 0 aliphatic heterocycles. The van der Waals surface area contributed by atoms with Gasteiger partial charge in [0.05, 0.1) is 24.3 Å². The first-order chi connectivity index (χ1) is 17.4. The normalized spacial score (nSPS) is 13.9. The molecule has 2 aromatic carbocycles. The van der Waals surface area contributed by atoms with Gasteiger partial charge in [0.15, 0.2) is 0 Å². The lowest BCUT2D eigenvalue weighted by molar-refractivity contribution is -0.139. The third kappa shape index (κ3) is 9.15. The highest BCUT2D eigenvalue weighted by Gasteiger charge is 2.35. The molecule has 4 N–H and O–H groups in total. The Balaban J connectivity index is 1.59. The SMILES string of the molecule is C[C@](N)(COP(=O)(O)O)c1nnc(-c2ccc(OCCOCCCc3ccccc3)c(C(F)(F)F)c2)s1. The summed E-state index contributed by atoms with van der Waals surface area (Å²) in [4.78, 5) is 17.8.